The average Bonchev–Trinajstić information content (AvgIpc) is 2.17. The van der Waals surface area contributed by atoms with E-state index in [1.54, 1.807) is 0 Å². The van der Waals surface area contributed by atoms with Crippen molar-refractivity contribution >= 4 is 0 Å². The van der Waals surface area contributed by atoms with Gasteiger partial charge in [-0.3, -0.25) is 0 Å². The average molecular weight is 163 g/mol. The Hall–Kier alpha value is -1.02. The van der Waals surface area contributed by atoms with Gasteiger partial charge in [0.25, 0.3) is 0 Å². The van der Waals surface area contributed by atoms with Crippen LogP contribution in [0.25, 0.3) is 0 Å². The summed E-state index contributed by atoms with van der Waals surface area (Å²) in [6.07, 6.45) is 1.08. The van der Waals surface area contributed by atoms with Crippen LogP contribution < -0.4 is 10.1 Å². The highest BCUT2D eigenvalue weighted by Crippen LogP contribution is 2.23. The molecular formula is C10H13NO. The first kappa shape index (κ1) is 7.62. The summed E-state index contributed by atoms with van der Waals surface area (Å²) < 4.78 is 5.56. The van der Waals surface area contributed by atoms with E-state index in [-0.39, 0.29) is 0 Å². The van der Waals surface area contributed by atoms with Crippen LogP contribution in [0.2, 0.25) is 0 Å². The minimum atomic E-state index is 0.472. The number of fused-ring (bicyclic) bond motifs is 1. The van der Waals surface area contributed by atoms with E-state index < -0.39 is 0 Å². The fourth-order valence-electron chi connectivity index (χ4n) is 1.51. The number of para-hydroxylation sites is 1. The predicted molar refractivity (Wildman–Crippen MR) is 48.5 cm³/mol. The number of nitrogens with one attached hydrogen (secondary N) is 1. The van der Waals surface area contributed by atoms with Gasteiger partial charge in [0.2, 0.25) is 0 Å². The van der Waals surface area contributed by atoms with Crippen molar-refractivity contribution in [2.45, 2.75) is 12.5 Å². The van der Waals surface area contributed by atoms with Crippen LogP contribution in [0, 0.1) is 0 Å². The van der Waals surface area contributed by atoms with Crippen LogP contribution in [0.15, 0.2) is 24.3 Å². The highest BCUT2D eigenvalue weighted by molar-refractivity contribution is 5.35. The molecule has 1 aromatic carbocycles. The molecule has 1 aliphatic heterocycles. The van der Waals surface area contributed by atoms with Crippen LogP contribution in [-0.4, -0.2) is 19.7 Å². The van der Waals surface area contributed by atoms with E-state index in [1.165, 1.54) is 5.56 Å². The minimum Gasteiger partial charge on any atom is -0.492 e. The van der Waals surface area contributed by atoms with E-state index >= 15 is 0 Å². The molecule has 0 bridgehead atoms. The second kappa shape index (κ2) is 3.15. The lowest BCUT2D eigenvalue weighted by molar-refractivity contribution is 0.245. The highest BCUT2D eigenvalue weighted by atomic mass is 16.5. The van der Waals surface area contributed by atoms with Crippen molar-refractivity contribution in [1.29, 1.82) is 0 Å². The number of benzene rings is 1. The van der Waals surface area contributed by atoms with Crippen LogP contribution >= 0.6 is 0 Å². The summed E-state index contributed by atoms with van der Waals surface area (Å²) >= 11 is 0. The normalized spacial score (nSPS) is 21.2. The number of ether oxygens (including phenoxy) is 1. The number of likely N-dealkylation sites (N-methyl/N-ethyl adjacent to an activating group) is 1. The summed E-state index contributed by atoms with van der Waals surface area (Å²) in [6.45, 7) is 0.785. The number of hydrogen-bond acceptors (Lipinski definition) is 2. The van der Waals surface area contributed by atoms with Gasteiger partial charge >= 0.3 is 0 Å². The summed E-state index contributed by atoms with van der Waals surface area (Å²) in [5.41, 5.74) is 1.31. The van der Waals surface area contributed by atoms with E-state index in [2.05, 4.69) is 17.4 Å². The van der Waals surface area contributed by atoms with Gasteiger partial charge in [0.1, 0.15) is 12.4 Å². The summed E-state index contributed by atoms with van der Waals surface area (Å²) in [6, 6.07) is 8.69. The van der Waals surface area contributed by atoms with Crippen molar-refractivity contribution in [2.24, 2.45) is 0 Å². The maximum atomic E-state index is 5.56. The molecule has 0 spiro atoms. The second-order valence-corrected chi connectivity index (χ2v) is 3.11. The molecular weight excluding hydrogens is 150 g/mol. The quantitative estimate of drug-likeness (QED) is 0.672. The molecule has 1 atom stereocenters. The van der Waals surface area contributed by atoms with Gasteiger partial charge in [-0.2, -0.15) is 0 Å². The van der Waals surface area contributed by atoms with Gasteiger partial charge in [-0.05, 0) is 25.1 Å². The van der Waals surface area contributed by atoms with E-state index in [4.69, 9.17) is 4.74 Å². The lowest BCUT2D eigenvalue weighted by atomic mass is 10.0. The van der Waals surface area contributed by atoms with Crippen molar-refractivity contribution in [3.05, 3.63) is 29.8 Å². The van der Waals surface area contributed by atoms with Crippen LogP contribution in [0.5, 0.6) is 5.75 Å². The molecule has 2 rings (SSSR count). The van der Waals surface area contributed by atoms with Crippen molar-refractivity contribution in [2.75, 3.05) is 13.7 Å². The van der Waals surface area contributed by atoms with E-state index in [1.807, 2.05) is 19.2 Å². The maximum Gasteiger partial charge on any atom is 0.122 e. The van der Waals surface area contributed by atoms with Gasteiger partial charge in [0, 0.05) is 6.04 Å². The number of hydrogen-bond donors (Lipinski definition) is 1. The molecule has 0 saturated carbocycles. The molecule has 0 amide bonds. The molecule has 0 unspecified atom stereocenters. The first-order chi connectivity index (χ1) is 5.90. The van der Waals surface area contributed by atoms with Gasteiger partial charge in [0.05, 0.1) is 0 Å². The Morgan fingerprint density at radius 1 is 1.42 bits per heavy atom. The van der Waals surface area contributed by atoms with Crippen LogP contribution in [0.4, 0.5) is 0 Å². The third kappa shape index (κ3) is 1.30. The molecule has 0 saturated heterocycles. The third-order valence-corrected chi connectivity index (χ3v) is 2.29. The molecule has 1 N–H and O–H groups in total. The maximum absolute atomic E-state index is 5.56. The Labute approximate surface area is 72.5 Å². The Morgan fingerprint density at radius 3 is 3.08 bits per heavy atom. The molecule has 0 aliphatic carbocycles. The van der Waals surface area contributed by atoms with Gasteiger partial charge < -0.3 is 10.1 Å². The van der Waals surface area contributed by atoms with Gasteiger partial charge in [-0.1, -0.05) is 18.2 Å². The monoisotopic (exact) mass is 163 g/mol. The molecule has 1 aromatic rings. The Balaban J connectivity index is 2.23. The Morgan fingerprint density at radius 2 is 2.25 bits per heavy atom. The lowest BCUT2D eigenvalue weighted by Crippen LogP contribution is -2.36. The van der Waals surface area contributed by atoms with Gasteiger partial charge in [-0.25, -0.2) is 0 Å². The van der Waals surface area contributed by atoms with Crippen LogP contribution in [0.3, 0.4) is 0 Å². The molecule has 0 fully saturated rings. The molecule has 2 heteroatoms. The zero-order valence-electron chi connectivity index (χ0n) is 7.21. The first-order valence-corrected chi connectivity index (χ1v) is 4.28. The molecule has 2 nitrogen and oxygen atoms in total. The minimum absolute atomic E-state index is 0.472. The van der Waals surface area contributed by atoms with Gasteiger partial charge in [0.15, 0.2) is 0 Å². The zero-order valence-corrected chi connectivity index (χ0v) is 7.21. The zero-order chi connectivity index (χ0) is 8.39. The second-order valence-electron chi connectivity index (χ2n) is 3.11. The topological polar surface area (TPSA) is 21.3 Å². The predicted octanol–water partition coefficient (Wildman–Crippen LogP) is 1.21. The molecule has 12 heavy (non-hydrogen) atoms. The largest absolute Gasteiger partial charge is 0.492 e. The summed E-state index contributed by atoms with van der Waals surface area (Å²) in [7, 11) is 1.97. The summed E-state index contributed by atoms with van der Waals surface area (Å²) in [5, 5.41) is 3.22. The fraction of sp³-hybridized carbons (Fsp3) is 0.400. The summed E-state index contributed by atoms with van der Waals surface area (Å²) in [5.74, 6) is 1.05. The molecule has 0 aromatic heterocycles. The fourth-order valence-corrected chi connectivity index (χ4v) is 1.51. The summed E-state index contributed by atoms with van der Waals surface area (Å²) in [4.78, 5) is 0. The first-order valence-electron chi connectivity index (χ1n) is 4.28. The SMILES string of the molecule is CN[C@H]1COc2ccccc2C1. The third-order valence-electron chi connectivity index (χ3n) is 2.29. The Kier molecular flexibility index (Phi) is 2.00. The smallest absolute Gasteiger partial charge is 0.122 e. The molecule has 1 heterocycles. The molecule has 1 aliphatic rings. The van der Waals surface area contributed by atoms with Crippen LogP contribution in [-0.2, 0) is 6.42 Å². The van der Waals surface area contributed by atoms with Crippen molar-refractivity contribution in [1.82, 2.24) is 5.32 Å². The van der Waals surface area contributed by atoms with Crippen molar-refractivity contribution in [3.63, 3.8) is 0 Å². The molecule has 0 radical (unpaired) electrons. The van der Waals surface area contributed by atoms with E-state index in [9.17, 15) is 0 Å². The lowest BCUT2D eigenvalue weighted by Gasteiger charge is -2.24. The van der Waals surface area contributed by atoms with E-state index in [0.29, 0.717) is 6.04 Å². The van der Waals surface area contributed by atoms with Crippen LogP contribution in [0.1, 0.15) is 5.56 Å². The Bertz CT molecular complexity index is 272. The van der Waals surface area contributed by atoms with Crippen molar-refractivity contribution in [3.8, 4) is 5.75 Å². The highest BCUT2D eigenvalue weighted by Gasteiger charge is 2.16. The van der Waals surface area contributed by atoms with Gasteiger partial charge in [-0.15, -0.1) is 0 Å². The van der Waals surface area contributed by atoms with E-state index in [0.717, 1.165) is 18.8 Å². The number of rotatable bonds is 1. The van der Waals surface area contributed by atoms with Crippen molar-refractivity contribution < 1.29 is 4.74 Å². The molecule has 64 valence electrons. The standard InChI is InChI=1S/C10H13NO/c1-11-9-6-8-4-2-3-5-10(8)12-7-9/h2-5,9,11H,6-7H2,1H3/t9-/m1/s1.